The number of amides is 1. The smallest absolute Gasteiger partial charge is 0.250 e. The Bertz CT molecular complexity index is 1270. The van der Waals surface area contributed by atoms with E-state index in [0.717, 1.165) is 22.4 Å². The Balaban J connectivity index is 1.51. The van der Waals surface area contributed by atoms with Gasteiger partial charge in [0.25, 0.3) is 5.91 Å². The number of carbonyl (C=O) groups excluding carboxylic acids is 1. The standard InChI is InChI=1S/C25H22FN5OS/c1-17-8-10-20(11-9-17)24-29-30-25(31(24)22-6-4-3-5-7-22)33-16-23(32)28-27-18(2)19-12-14-21(26)15-13-19/h3-15H,16H2,1-2H3,(H,28,32). The van der Waals surface area contributed by atoms with Crippen LogP contribution in [-0.4, -0.2) is 32.1 Å². The van der Waals surface area contributed by atoms with E-state index in [1.54, 1.807) is 19.1 Å². The third-order valence-electron chi connectivity index (χ3n) is 4.90. The van der Waals surface area contributed by atoms with Crippen molar-refractivity contribution in [3.8, 4) is 17.1 Å². The molecule has 0 bridgehead atoms. The van der Waals surface area contributed by atoms with E-state index >= 15 is 0 Å². The number of hydrazone groups is 1. The number of halogens is 1. The van der Waals surface area contributed by atoms with E-state index in [9.17, 15) is 9.18 Å². The molecule has 0 fully saturated rings. The number of hydrogen-bond acceptors (Lipinski definition) is 5. The fourth-order valence-electron chi connectivity index (χ4n) is 3.13. The van der Waals surface area contributed by atoms with Crippen LogP contribution in [0, 0.1) is 12.7 Å². The van der Waals surface area contributed by atoms with E-state index < -0.39 is 0 Å². The molecule has 1 heterocycles. The number of benzene rings is 3. The fraction of sp³-hybridized carbons (Fsp3) is 0.120. The quantitative estimate of drug-likeness (QED) is 0.239. The maximum Gasteiger partial charge on any atom is 0.250 e. The van der Waals surface area contributed by atoms with Gasteiger partial charge in [-0.3, -0.25) is 9.36 Å². The number of hydrogen-bond donors (Lipinski definition) is 1. The molecule has 3 aromatic carbocycles. The van der Waals surface area contributed by atoms with Crippen molar-refractivity contribution >= 4 is 23.4 Å². The number of aryl methyl sites for hydroxylation is 1. The molecule has 166 valence electrons. The SMILES string of the molecule is CC(=NNC(=O)CSc1nnc(-c2ccc(C)cc2)n1-c1ccccc1)c1ccc(F)cc1. The average Bonchev–Trinajstić information content (AvgIpc) is 3.26. The fourth-order valence-corrected chi connectivity index (χ4v) is 3.87. The molecule has 0 radical (unpaired) electrons. The molecule has 0 unspecified atom stereocenters. The zero-order valence-corrected chi connectivity index (χ0v) is 19.0. The van der Waals surface area contributed by atoms with E-state index in [2.05, 4.69) is 20.7 Å². The summed E-state index contributed by atoms with van der Waals surface area (Å²) in [5, 5.41) is 13.5. The van der Waals surface area contributed by atoms with Gasteiger partial charge in [-0.2, -0.15) is 5.10 Å². The van der Waals surface area contributed by atoms with Gasteiger partial charge in [0.2, 0.25) is 0 Å². The van der Waals surface area contributed by atoms with E-state index in [0.29, 0.717) is 16.7 Å². The maximum absolute atomic E-state index is 13.1. The minimum atomic E-state index is -0.320. The van der Waals surface area contributed by atoms with Crippen molar-refractivity contribution in [2.24, 2.45) is 5.10 Å². The van der Waals surface area contributed by atoms with Crippen LogP contribution in [0.1, 0.15) is 18.1 Å². The molecule has 4 aromatic rings. The van der Waals surface area contributed by atoms with Crippen LogP contribution >= 0.6 is 11.8 Å². The average molecular weight is 460 g/mol. The number of para-hydroxylation sites is 1. The lowest BCUT2D eigenvalue weighted by molar-refractivity contribution is -0.118. The molecular weight excluding hydrogens is 437 g/mol. The van der Waals surface area contributed by atoms with Gasteiger partial charge in [-0.15, -0.1) is 10.2 Å². The highest BCUT2D eigenvalue weighted by molar-refractivity contribution is 7.99. The molecule has 1 N–H and O–H groups in total. The molecule has 1 amide bonds. The lowest BCUT2D eigenvalue weighted by Gasteiger charge is -2.10. The molecular formula is C25H22FN5OS. The van der Waals surface area contributed by atoms with Gasteiger partial charge in [0.1, 0.15) is 5.82 Å². The maximum atomic E-state index is 13.1. The summed E-state index contributed by atoms with van der Waals surface area (Å²) in [5.74, 6) is 0.216. The summed E-state index contributed by atoms with van der Waals surface area (Å²) in [4.78, 5) is 12.4. The highest BCUT2D eigenvalue weighted by Gasteiger charge is 2.17. The molecule has 0 aliphatic carbocycles. The van der Waals surface area contributed by atoms with Crippen molar-refractivity contribution in [3.05, 3.63) is 95.8 Å². The molecule has 6 nitrogen and oxygen atoms in total. The van der Waals surface area contributed by atoms with E-state index in [-0.39, 0.29) is 17.5 Å². The molecule has 0 aliphatic heterocycles. The van der Waals surface area contributed by atoms with Crippen molar-refractivity contribution in [2.75, 3.05) is 5.75 Å². The number of rotatable bonds is 7. The largest absolute Gasteiger partial charge is 0.272 e. The predicted octanol–water partition coefficient (Wildman–Crippen LogP) is 5.01. The number of nitrogens with zero attached hydrogens (tertiary/aromatic N) is 4. The van der Waals surface area contributed by atoms with Gasteiger partial charge in [0.05, 0.1) is 11.5 Å². The van der Waals surface area contributed by atoms with Crippen molar-refractivity contribution < 1.29 is 9.18 Å². The van der Waals surface area contributed by atoms with Crippen LogP contribution < -0.4 is 5.43 Å². The third kappa shape index (κ3) is 5.53. The topological polar surface area (TPSA) is 72.2 Å². The zero-order chi connectivity index (χ0) is 23.2. The molecule has 1 aromatic heterocycles. The van der Waals surface area contributed by atoms with Gasteiger partial charge in [-0.25, -0.2) is 9.82 Å². The van der Waals surface area contributed by atoms with Crippen molar-refractivity contribution in [1.82, 2.24) is 20.2 Å². The molecule has 0 saturated heterocycles. The highest BCUT2D eigenvalue weighted by atomic mass is 32.2. The van der Waals surface area contributed by atoms with E-state index in [1.165, 1.54) is 23.9 Å². The Morgan fingerprint density at radius 2 is 1.70 bits per heavy atom. The second-order valence-corrected chi connectivity index (χ2v) is 8.31. The van der Waals surface area contributed by atoms with Crippen molar-refractivity contribution in [1.29, 1.82) is 0 Å². The van der Waals surface area contributed by atoms with Gasteiger partial charge < -0.3 is 0 Å². The van der Waals surface area contributed by atoms with Gasteiger partial charge >= 0.3 is 0 Å². The molecule has 0 spiro atoms. The van der Waals surface area contributed by atoms with Gasteiger partial charge in [0, 0.05) is 11.3 Å². The molecule has 0 saturated carbocycles. The van der Waals surface area contributed by atoms with Crippen LogP contribution in [-0.2, 0) is 4.79 Å². The van der Waals surface area contributed by atoms with Gasteiger partial charge in [-0.1, -0.05) is 71.9 Å². The van der Waals surface area contributed by atoms with Crippen LogP contribution in [0.5, 0.6) is 0 Å². The summed E-state index contributed by atoms with van der Waals surface area (Å²) in [5.41, 5.74) is 6.87. The monoisotopic (exact) mass is 459 g/mol. The van der Waals surface area contributed by atoms with Crippen molar-refractivity contribution in [3.63, 3.8) is 0 Å². The van der Waals surface area contributed by atoms with Crippen LogP contribution in [0.2, 0.25) is 0 Å². The molecule has 8 heteroatoms. The van der Waals surface area contributed by atoms with E-state index in [1.807, 2.05) is 66.1 Å². The normalized spacial score (nSPS) is 11.4. The first-order valence-corrected chi connectivity index (χ1v) is 11.3. The Morgan fingerprint density at radius 1 is 1.00 bits per heavy atom. The predicted molar refractivity (Wildman–Crippen MR) is 129 cm³/mol. The number of nitrogens with one attached hydrogen (secondary N) is 1. The van der Waals surface area contributed by atoms with Gasteiger partial charge in [0.15, 0.2) is 11.0 Å². The third-order valence-corrected chi connectivity index (χ3v) is 5.83. The first kappa shape index (κ1) is 22.4. The lowest BCUT2D eigenvalue weighted by Crippen LogP contribution is -2.21. The number of carbonyl (C=O) groups is 1. The summed E-state index contributed by atoms with van der Waals surface area (Å²) in [6, 6.07) is 23.8. The highest BCUT2D eigenvalue weighted by Crippen LogP contribution is 2.28. The van der Waals surface area contributed by atoms with Crippen LogP contribution in [0.3, 0.4) is 0 Å². The van der Waals surface area contributed by atoms with Crippen LogP contribution in [0.25, 0.3) is 17.1 Å². The molecule has 0 aliphatic rings. The second-order valence-electron chi connectivity index (χ2n) is 7.37. The summed E-state index contributed by atoms with van der Waals surface area (Å²) in [6.07, 6.45) is 0. The number of aromatic nitrogens is 3. The minimum absolute atomic E-state index is 0.110. The first-order chi connectivity index (χ1) is 16.0. The van der Waals surface area contributed by atoms with Crippen molar-refractivity contribution in [2.45, 2.75) is 19.0 Å². The Labute approximate surface area is 195 Å². The van der Waals surface area contributed by atoms with Gasteiger partial charge in [-0.05, 0) is 43.7 Å². The Kier molecular flexibility index (Phi) is 6.95. The molecule has 33 heavy (non-hydrogen) atoms. The van der Waals surface area contributed by atoms with E-state index in [4.69, 9.17) is 0 Å². The second kappa shape index (κ2) is 10.2. The van der Waals surface area contributed by atoms with Crippen LogP contribution in [0.15, 0.2) is 89.1 Å². The molecule has 4 rings (SSSR count). The Hall–Kier alpha value is -3.78. The van der Waals surface area contributed by atoms with Crippen LogP contribution in [0.4, 0.5) is 4.39 Å². The first-order valence-electron chi connectivity index (χ1n) is 10.3. The Morgan fingerprint density at radius 3 is 2.39 bits per heavy atom. The summed E-state index contributed by atoms with van der Waals surface area (Å²) >= 11 is 1.28. The zero-order valence-electron chi connectivity index (χ0n) is 18.2. The summed E-state index contributed by atoms with van der Waals surface area (Å²) < 4.78 is 15.0. The molecule has 0 atom stereocenters. The minimum Gasteiger partial charge on any atom is -0.272 e. The summed E-state index contributed by atoms with van der Waals surface area (Å²) in [6.45, 7) is 3.78. The number of thioether (sulfide) groups is 1. The lowest BCUT2D eigenvalue weighted by atomic mass is 10.1. The summed E-state index contributed by atoms with van der Waals surface area (Å²) in [7, 11) is 0.